The van der Waals surface area contributed by atoms with Crippen LogP contribution >= 0.6 is 0 Å². The molecule has 0 aliphatic carbocycles. The molecule has 1 heterocycles. The Morgan fingerprint density at radius 2 is 0.483 bits per heavy atom. The van der Waals surface area contributed by atoms with Crippen LogP contribution in [-0.2, 0) is 45.5 Å². The molecule has 4 aromatic carbocycles. The molecule has 1 saturated heterocycles. The summed E-state index contributed by atoms with van der Waals surface area (Å²) in [7, 11) is 0. The number of nitrogens with zero attached hydrogens (tertiary/aromatic N) is 4. The maximum absolute atomic E-state index is 6.55. The van der Waals surface area contributed by atoms with Crippen LogP contribution in [0.2, 0.25) is 0 Å². The van der Waals surface area contributed by atoms with Gasteiger partial charge in [-0.1, -0.05) is 117 Å². The predicted octanol–water partition coefficient (Wildman–Crippen LogP) is 10.5. The molecule has 0 unspecified atom stereocenters. The van der Waals surface area contributed by atoms with Crippen molar-refractivity contribution < 1.29 is 19.4 Å². The molecular weight excluding hydrogens is 721 g/mol. The molecule has 0 bridgehead atoms. The number of rotatable bonds is 8. The largest absolute Gasteiger partial charge is 0.299 e. The summed E-state index contributed by atoms with van der Waals surface area (Å²) < 4.78 is 0. The SMILES string of the molecule is Cc1cc(C)cc(CN2CCN(Cc3cc(C)cc(C)c3)OCCCCCON(Cc3cc(C)cc(C)c3)CCN(Cc3cc(C)cc(C)c3)OCCCCCO2)c1. The fourth-order valence-electron chi connectivity index (χ4n) is 8.20. The van der Waals surface area contributed by atoms with Gasteiger partial charge in [-0.3, -0.25) is 19.4 Å². The van der Waals surface area contributed by atoms with Crippen molar-refractivity contribution >= 4 is 0 Å². The van der Waals surface area contributed by atoms with Gasteiger partial charge in [-0.2, -0.15) is 20.3 Å². The van der Waals surface area contributed by atoms with E-state index in [1.54, 1.807) is 0 Å². The van der Waals surface area contributed by atoms with Gasteiger partial charge in [0.25, 0.3) is 0 Å². The van der Waals surface area contributed by atoms with Crippen LogP contribution in [0.15, 0.2) is 72.8 Å². The third kappa shape index (κ3) is 17.0. The summed E-state index contributed by atoms with van der Waals surface area (Å²) in [5, 5.41) is 8.56. The van der Waals surface area contributed by atoms with Crippen LogP contribution in [0.5, 0.6) is 0 Å². The normalized spacial score (nSPS) is 17.8. The molecule has 5 rings (SSSR count). The van der Waals surface area contributed by atoms with Crippen molar-refractivity contribution in [2.75, 3.05) is 52.6 Å². The van der Waals surface area contributed by atoms with Crippen molar-refractivity contribution in [1.29, 1.82) is 0 Å². The molecular formula is C50H72N4O4. The summed E-state index contributed by atoms with van der Waals surface area (Å²) in [6.07, 6.45) is 5.90. The Morgan fingerprint density at radius 1 is 0.293 bits per heavy atom. The van der Waals surface area contributed by atoms with Crippen molar-refractivity contribution in [3.8, 4) is 0 Å². The summed E-state index contributed by atoms with van der Waals surface area (Å²) in [5.41, 5.74) is 15.3. The third-order valence-corrected chi connectivity index (χ3v) is 10.4. The summed E-state index contributed by atoms with van der Waals surface area (Å²) >= 11 is 0. The molecule has 1 aliphatic rings. The lowest BCUT2D eigenvalue weighted by Crippen LogP contribution is -2.36. The van der Waals surface area contributed by atoms with Gasteiger partial charge in [-0.05, 0) is 116 Å². The summed E-state index contributed by atoms with van der Waals surface area (Å²) in [6, 6.07) is 27.1. The molecule has 58 heavy (non-hydrogen) atoms. The fraction of sp³-hybridized carbons (Fsp3) is 0.520. The molecule has 8 nitrogen and oxygen atoms in total. The fourth-order valence-corrected chi connectivity index (χ4v) is 8.20. The Labute approximate surface area is 350 Å². The van der Waals surface area contributed by atoms with Crippen molar-refractivity contribution in [3.63, 3.8) is 0 Å². The van der Waals surface area contributed by atoms with Gasteiger partial charge in [-0.25, -0.2) is 0 Å². The van der Waals surface area contributed by atoms with Gasteiger partial charge in [-0.15, -0.1) is 0 Å². The Bertz CT molecular complexity index is 1500. The van der Waals surface area contributed by atoms with Crippen LogP contribution in [0.4, 0.5) is 0 Å². The lowest BCUT2D eigenvalue weighted by atomic mass is 10.1. The Hall–Kier alpha value is -3.44. The molecule has 0 saturated carbocycles. The highest BCUT2D eigenvalue weighted by Gasteiger charge is 2.16. The minimum absolute atomic E-state index is 0.666. The van der Waals surface area contributed by atoms with Gasteiger partial charge in [0.1, 0.15) is 0 Å². The quantitative estimate of drug-likeness (QED) is 0.175. The summed E-state index contributed by atoms with van der Waals surface area (Å²) in [4.78, 5) is 26.2. The molecule has 0 aromatic heterocycles. The van der Waals surface area contributed by atoms with Crippen LogP contribution in [0.1, 0.15) is 105 Å². The van der Waals surface area contributed by atoms with E-state index in [-0.39, 0.29) is 0 Å². The number of hydrogen-bond acceptors (Lipinski definition) is 8. The van der Waals surface area contributed by atoms with Crippen molar-refractivity contribution in [3.05, 3.63) is 140 Å². The average Bonchev–Trinajstić information content (AvgIpc) is 3.12. The second kappa shape index (κ2) is 24.0. The Kier molecular flexibility index (Phi) is 18.9. The van der Waals surface area contributed by atoms with Crippen molar-refractivity contribution in [1.82, 2.24) is 20.3 Å². The molecule has 1 fully saturated rings. The average molecular weight is 793 g/mol. The lowest BCUT2D eigenvalue weighted by molar-refractivity contribution is -0.210. The molecule has 0 amide bonds. The van der Waals surface area contributed by atoms with Crippen LogP contribution in [-0.4, -0.2) is 72.9 Å². The molecule has 0 radical (unpaired) electrons. The molecule has 8 heteroatoms. The third-order valence-electron chi connectivity index (χ3n) is 10.4. The van der Waals surface area contributed by atoms with Gasteiger partial charge >= 0.3 is 0 Å². The van der Waals surface area contributed by atoms with E-state index < -0.39 is 0 Å². The Balaban J connectivity index is 1.29. The minimum Gasteiger partial charge on any atom is -0.299 e. The zero-order valence-corrected chi connectivity index (χ0v) is 37.1. The first-order valence-corrected chi connectivity index (χ1v) is 21.8. The standard InChI is InChI=1S/C50H72N4O4/c1-39-23-40(2)28-47(27-39)35-51-15-16-52(36-48-29-41(3)24-42(4)30-48)56-20-13-10-14-22-58-54(38-50-33-45(7)26-46(8)34-50)18-17-53(57-21-12-9-11-19-55-51)37-49-31-43(5)25-44(6)32-49/h23-34H,9-22,35-38H2,1-8H3. The van der Waals surface area contributed by atoms with Crippen molar-refractivity contribution in [2.45, 2.75) is 120 Å². The zero-order valence-electron chi connectivity index (χ0n) is 37.1. The highest BCUT2D eigenvalue weighted by Crippen LogP contribution is 2.18. The first-order valence-electron chi connectivity index (χ1n) is 21.8. The van der Waals surface area contributed by atoms with Gasteiger partial charge < -0.3 is 0 Å². The van der Waals surface area contributed by atoms with Crippen LogP contribution in [0.3, 0.4) is 0 Å². The van der Waals surface area contributed by atoms with Gasteiger partial charge in [0.05, 0.1) is 26.4 Å². The number of hydrogen-bond donors (Lipinski definition) is 0. The smallest absolute Gasteiger partial charge is 0.0685 e. The van der Waals surface area contributed by atoms with Crippen molar-refractivity contribution in [2.24, 2.45) is 0 Å². The predicted molar refractivity (Wildman–Crippen MR) is 237 cm³/mol. The van der Waals surface area contributed by atoms with E-state index in [1.807, 2.05) is 0 Å². The van der Waals surface area contributed by atoms with E-state index in [0.29, 0.717) is 26.4 Å². The summed E-state index contributed by atoms with van der Waals surface area (Å²) in [5.74, 6) is 0. The molecule has 0 atom stereocenters. The van der Waals surface area contributed by atoms with E-state index in [0.717, 1.165) is 90.9 Å². The van der Waals surface area contributed by atoms with Gasteiger partial charge in [0.15, 0.2) is 0 Å². The monoisotopic (exact) mass is 793 g/mol. The first kappa shape index (κ1) is 45.6. The van der Waals surface area contributed by atoms with Crippen LogP contribution < -0.4 is 0 Å². The number of benzene rings is 4. The van der Waals surface area contributed by atoms with Gasteiger partial charge in [0, 0.05) is 52.4 Å². The molecule has 0 spiro atoms. The molecule has 0 N–H and O–H groups in total. The van der Waals surface area contributed by atoms with E-state index in [2.05, 4.69) is 148 Å². The highest BCUT2D eigenvalue weighted by atomic mass is 16.7. The second-order valence-electron chi connectivity index (χ2n) is 16.9. The Morgan fingerprint density at radius 3 is 0.672 bits per heavy atom. The molecule has 316 valence electrons. The molecule has 1 aliphatic heterocycles. The summed E-state index contributed by atoms with van der Waals surface area (Å²) in [6.45, 7) is 25.9. The number of hydroxylamine groups is 8. The molecule has 4 aromatic rings. The maximum atomic E-state index is 6.55. The van der Waals surface area contributed by atoms with E-state index in [4.69, 9.17) is 19.4 Å². The second-order valence-corrected chi connectivity index (χ2v) is 16.9. The number of aryl methyl sites for hydroxylation is 8. The highest BCUT2D eigenvalue weighted by molar-refractivity contribution is 5.31. The minimum atomic E-state index is 0.666. The zero-order chi connectivity index (χ0) is 41.3. The van der Waals surface area contributed by atoms with Crippen LogP contribution in [0, 0.1) is 55.4 Å². The van der Waals surface area contributed by atoms with E-state index >= 15 is 0 Å². The van der Waals surface area contributed by atoms with E-state index in [9.17, 15) is 0 Å². The first-order chi connectivity index (χ1) is 27.9. The van der Waals surface area contributed by atoms with E-state index in [1.165, 1.54) is 66.8 Å². The lowest BCUT2D eigenvalue weighted by Gasteiger charge is -2.28. The van der Waals surface area contributed by atoms with Gasteiger partial charge in [0.2, 0.25) is 0 Å². The van der Waals surface area contributed by atoms with Crippen LogP contribution in [0.25, 0.3) is 0 Å². The topological polar surface area (TPSA) is 49.9 Å². The maximum Gasteiger partial charge on any atom is 0.0685 e.